The first-order valence-corrected chi connectivity index (χ1v) is 47.3. The van der Waals surface area contributed by atoms with E-state index in [-0.39, 0.29) is 48.0 Å². The van der Waals surface area contributed by atoms with Gasteiger partial charge in [-0.3, -0.25) is 24.2 Å². The zero-order valence-electron chi connectivity index (χ0n) is 80.0. The van der Waals surface area contributed by atoms with Crippen LogP contribution in [0.15, 0.2) is 243 Å². The fraction of sp³-hybridized carbons (Fsp3) is 0.481. The number of carbonyl (C=O) groups excluding carboxylic acids is 6. The molecule has 133 heavy (non-hydrogen) atoms. The van der Waals surface area contributed by atoms with E-state index in [1.165, 1.54) is 16.9 Å². The number of aliphatic carboxylic acids is 2. The molecule has 720 valence electrons. The quantitative estimate of drug-likeness (QED) is 0.0218. The summed E-state index contributed by atoms with van der Waals surface area (Å²) in [7, 11) is 1.33. The predicted octanol–water partition coefficient (Wildman–Crippen LogP) is 18.0. The molecule has 6 heterocycles. The van der Waals surface area contributed by atoms with Gasteiger partial charge in [0.15, 0.2) is 0 Å². The number of carboxylic acid groups (broad SMARTS) is 2. The van der Waals surface area contributed by atoms with Crippen LogP contribution in [0.25, 0.3) is 0 Å². The van der Waals surface area contributed by atoms with Gasteiger partial charge in [0.1, 0.15) is 51.3 Å². The molecule has 14 rings (SSSR count). The predicted molar refractivity (Wildman–Crippen MR) is 517 cm³/mol. The molecule has 0 unspecified atom stereocenters. The molecule has 6 fully saturated rings. The molecule has 6 atom stereocenters. The molecular formula is C108H145N7O18. The number of rotatable bonds is 23. The monoisotopic (exact) mass is 1830 g/mol. The number of methoxy groups -OCH3 is 1. The molecular weight excluding hydrogens is 1680 g/mol. The fourth-order valence-corrected chi connectivity index (χ4v) is 18.0. The lowest BCUT2D eigenvalue weighted by molar-refractivity contribution is -0.145. The van der Waals surface area contributed by atoms with E-state index in [9.17, 15) is 58.8 Å². The van der Waals surface area contributed by atoms with Crippen LogP contribution in [-0.2, 0) is 65.3 Å². The summed E-state index contributed by atoms with van der Waals surface area (Å²) in [6.45, 7) is 24.8. The molecule has 6 aliphatic heterocycles. The van der Waals surface area contributed by atoms with Gasteiger partial charge in [-0.25, -0.2) is 24.0 Å². The first-order valence-electron chi connectivity index (χ1n) is 47.3. The third-order valence-corrected chi connectivity index (χ3v) is 24.4. The topological polar surface area (TPSA) is 349 Å². The van der Waals surface area contributed by atoms with Crippen LogP contribution < -0.4 is 11.1 Å². The number of hydrogen-bond acceptors (Lipinski definition) is 18. The maximum absolute atomic E-state index is 12.8. The van der Waals surface area contributed by atoms with Gasteiger partial charge in [0.2, 0.25) is 11.8 Å². The van der Waals surface area contributed by atoms with Crippen molar-refractivity contribution in [2.24, 2.45) is 5.73 Å². The molecule has 8 aromatic rings. The van der Waals surface area contributed by atoms with Crippen LogP contribution in [0.4, 0.5) is 14.4 Å². The number of aliphatic hydroxyl groups is 4. The summed E-state index contributed by atoms with van der Waals surface area (Å²) in [4.78, 5) is 102. The van der Waals surface area contributed by atoms with E-state index in [0.717, 1.165) is 147 Å². The van der Waals surface area contributed by atoms with Crippen LogP contribution in [0.2, 0.25) is 0 Å². The maximum Gasteiger partial charge on any atom is 0.411 e. The summed E-state index contributed by atoms with van der Waals surface area (Å²) in [5, 5.41) is 67.5. The normalized spacial score (nSPS) is 18.3. The summed E-state index contributed by atoms with van der Waals surface area (Å²) < 4.78 is 20.6. The Labute approximate surface area is 787 Å². The summed E-state index contributed by atoms with van der Waals surface area (Å²) in [5.41, 5.74) is 6.08. The van der Waals surface area contributed by atoms with Crippen LogP contribution in [0.3, 0.4) is 0 Å². The number of nitrogens with zero attached hydrogens (tertiary/aromatic N) is 5. The number of amides is 5. The number of likely N-dealkylation sites (tertiary alicyclic amines) is 5. The zero-order chi connectivity index (χ0) is 97.0. The van der Waals surface area contributed by atoms with Gasteiger partial charge in [-0.05, 0) is 216 Å². The summed E-state index contributed by atoms with van der Waals surface area (Å²) in [5.74, 6) is -1.78. The third kappa shape index (κ3) is 29.8. The highest BCUT2D eigenvalue weighted by Crippen LogP contribution is 2.45. The standard InChI is InChI=1S/C22H27NO3.C22H27NO2.C21H26N2O2.C17H19NO.C11H19NO4.C10H17NO4.C5H10O2/c1-21(2,3)26-20(24)23-16-10-15-19(23)22(25,17-11-6-4-7-12-17)18-13-8-5-9-14-18;1-2-3-16-21(24)23-17-10-15-20(23)22(25,18-11-6-4-7-12-18)19-13-8-5-9-14-19;22-15-7-14-20(24)23-16-8-13-19(23)21(25,17-9-3-1-4-10-17)18-11-5-2-6-12-18;19-17(16-12-7-13-18-16,14-8-3-1-4-9-14)15-10-5-2-6-11-15;1-11(2,3)16-10(14)12-7-5-6-8(12)9(13)15-4;1-10(2,3)15-9(14)11-6-4-5-7(11)8(12)13;1-2-3-4-5(6)7/h4-9,11-14,19,25H,10,15-16H2,1-3H3;4-9,11-14,20,25H,2-3,10,15-17H2,1H3;1-6,9-12,19,25H,7-8,13-16,22H2;1-6,8-11,16,18-19H,7,12-13H2;8H,5-7H2,1-4H3;7H,4-6H2,1-3H3,(H,12,13);2-4H2,1H3,(H,6,7)/t19-;20-;19-;16-;8-;7-;/m000000./s1. The molecule has 0 radical (unpaired) electrons. The molecule has 0 aliphatic carbocycles. The number of nitrogens with two attached hydrogens (primary N) is 1. The number of unbranched alkanes of at least 4 members (excludes halogenated alkanes) is 2. The molecule has 9 N–H and O–H groups in total. The van der Waals surface area contributed by atoms with Crippen LogP contribution in [0, 0.1) is 0 Å². The van der Waals surface area contributed by atoms with E-state index >= 15 is 0 Å². The minimum Gasteiger partial charge on any atom is -0.481 e. The van der Waals surface area contributed by atoms with Crippen LogP contribution in [0.5, 0.6) is 0 Å². The molecule has 25 nitrogen and oxygen atoms in total. The van der Waals surface area contributed by atoms with Gasteiger partial charge >= 0.3 is 36.2 Å². The number of ether oxygens (including phenoxy) is 4. The third-order valence-electron chi connectivity index (χ3n) is 24.4. The first-order chi connectivity index (χ1) is 63.4. The molecule has 6 saturated heterocycles. The number of esters is 1. The molecule has 0 aromatic heterocycles. The second-order valence-corrected chi connectivity index (χ2v) is 37.5. The van der Waals surface area contributed by atoms with Gasteiger partial charge in [0.05, 0.1) is 25.2 Å². The van der Waals surface area contributed by atoms with Crippen LogP contribution in [0.1, 0.15) is 249 Å². The average molecular weight is 1830 g/mol. The van der Waals surface area contributed by atoms with Gasteiger partial charge in [-0.1, -0.05) is 269 Å². The van der Waals surface area contributed by atoms with Crippen molar-refractivity contribution in [3.63, 3.8) is 0 Å². The van der Waals surface area contributed by atoms with E-state index in [2.05, 4.69) is 17.0 Å². The highest BCUT2D eigenvalue weighted by atomic mass is 16.6. The highest BCUT2D eigenvalue weighted by molar-refractivity contribution is 5.83. The van der Waals surface area contributed by atoms with E-state index in [1.807, 2.05) is 280 Å². The van der Waals surface area contributed by atoms with Crippen molar-refractivity contribution in [3.05, 3.63) is 287 Å². The Hall–Kier alpha value is -11.3. The number of carbonyl (C=O) groups is 8. The Balaban J connectivity index is 0.000000196. The summed E-state index contributed by atoms with van der Waals surface area (Å²) in [6, 6.07) is 76.0. The largest absolute Gasteiger partial charge is 0.481 e. The average Bonchev–Trinajstić information content (AvgIpc) is 1.72. The van der Waals surface area contributed by atoms with Crippen LogP contribution in [-0.4, -0.2) is 209 Å². The van der Waals surface area contributed by atoms with Crippen molar-refractivity contribution in [2.45, 2.75) is 280 Å². The van der Waals surface area contributed by atoms with E-state index < -0.39 is 75.4 Å². The minimum absolute atomic E-state index is 0.0808. The Morgan fingerprint density at radius 2 is 0.609 bits per heavy atom. The number of carboxylic acids is 2. The Bertz CT molecular complexity index is 4560. The Kier molecular flexibility index (Phi) is 41.2. The lowest BCUT2D eigenvalue weighted by atomic mass is 9.79. The Morgan fingerprint density at radius 1 is 0.346 bits per heavy atom. The van der Waals surface area contributed by atoms with Crippen molar-refractivity contribution in [1.82, 2.24) is 29.8 Å². The van der Waals surface area contributed by atoms with Gasteiger partial charge in [0, 0.05) is 58.0 Å². The zero-order valence-corrected chi connectivity index (χ0v) is 80.0. The Morgan fingerprint density at radius 3 is 0.880 bits per heavy atom. The fourth-order valence-electron chi connectivity index (χ4n) is 18.0. The van der Waals surface area contributed by atoms with Crippen LogP contribution >= 0.6 is 0 Å². The molecule has 0 saturated carbocycles. The van der Waals surface area contributed by atoms with Gasteiger partial charge in [0.25, 0.3) is 0 Å². The smallest absolute Gasteiger partial charge is 0.411 e. The van der Waals surface area contributed by atoms with Crippen molar-refractivity contribution in [3.8, 4) is 0 Å². The second kappa shape index (κ2) is 51.2. The summed E-state index contributed by atoms with van der Waals surface area (Å²) in [6.07, 6.45) is 14.1. The lowest BCUT2D eigenvalue weighted by Gasteiger charge is -2.40. The maximum atomic E-state index is 12.8. The molecule has 0 spiro atoms. The lowest BCUT2D eigenvalue weighted by Crippen LogP contribution is -2.51. The molecule has 8 aromatic carbocycles. The highest BCUT2D eigenvalue weighted by Gasteiger charge is 2.51. The van der Waals surface area contributed by atoms with E-state index in [1.54, 1.807) is 46.4 Å². The van der Waals surface area contributed by atoms with Crippen molar-refractivity contribution >= 4 is 48.0 Å². The van der Waals surface area contributed by atoms with Gasteiger partial charge in [-0.15, -0.1) is 0 Å². The molecule has 25 heteroatoms. The minimum atomic E-state index is -1.28. The second-order valence-electron chi connectivity index (χ2n) is 37.5. The van der Waals surface area contributed by atoms with E-state index in [4.69, 9.17) is 30.2 Å². The summed E-state index contributed by atoms with van der Waals surface area (Å²) >= 11 is 0. The van der Waals surface area contributed by atoms with Gasteiger partial charge in [-0.2, -0.15) is 0 Å². The first kappa shape index (κ1) is 107. The molecule has 6 aliphatic rings. The molecule has 5 amide bonds. The van der Waals surface area contributed by atoms with Crippen molar-refractivity contribution < 1.29 is 87.9 Å². The molecule has 0 bridgehead atoms. The van der Waals surface area contributed by atoms with Gasteiger partial charge < -0.3 is 75.3 Å². The SMILES string of the molecule is CC(C)(C)OC(=O)N1CCC[C@H]1C(=O)O.CC(C)(C)OC(=O)N1CCC[C@H]1C(O)(c1ccccc1)c1ccccc1.CCCCC(=O)N1CCC[C@H]1C(O)(c1ccccc1)c1ccccc1.CCCCC(=O)O.COC(=O)[C@@H]1CCCN1C(=O)OC(C)(C)C.NCCCC(=O)N1CCC[C@H]1C(O)(c1ccccc1)c1ccccc1.OC(c1ccccc1)(c1ccccc1)[C@@H]1CCCN1. The number of benzene rings is 8. The van der Waals surface area contributed by atoms with Crippen molar-refractivity contribution in [2.75, 3.05) is 52.9 Å². The van der Waals surface area contributed by atoms with Crippen molar-refractivity contribution in [1.29, 1.82) is 0 Å². The number of nitrogens with one attached hydrogen (secondary N) is 1. The van der Waals surface area contributed by atoms with E-state index in [0.29, 0.717) is 71.2 Å². The number of hydrogen-bond donors (Lipinski definition) is 8.